The minimum Gasteiger partial charge on any atom is -0.353 e. The molecule has 1 unspecified atom stereocenters. The smallest absolute Gasteiger partial charge is 0.254 e. The maximum atomic E-state index is 12.8. The van der Waals surface area contributed by atoms with Crippen molar-refractivity contribution in [2.75, 3.05) is 44.2 Å². The second-order valence-electron chi connectivity index (χ2n) is 8.22. The largest absolute Gasteiger partial charge is 0.353 e. The number of likely N-dealkylation sites (tertiary alicyclic amines) is 1. The molecular weight excluding hydrogens is 414 g/mol. The van der Waals surface area contributed by atoms with Gasteiger partial charge in [0, 0.05) is 63.6 Å². The van der Waals surface area contributed by atoms with E-state index in [1.54, 1.807) is 24.5 Å². The number of rotatable bonds is 5. The average molecular weight is 442 g/mol. The van der Waals surface area contributed by atoms with Crippen LogP contribution in [0, 0.1) is 5.92 Å². The van der Waals surface area contributed by atoms with E-state index >= 15 is 0 Å². The highest BCUT2D eigenvalue weighted by molar-refractivity contribution is 6.29. The number of hydrogen-bond acceptors (Lipinski definition) is 5. The second kappa shape index (κ2) is 10.1. The highest BCUT2D eigenvalue weighted by Gasteiger charge is 2.27. The molecule has 2 fully saturated rings. The van der Waals surface area contributed by atoms with Gasteiger partial charge in [0.25, 0.3) is 5.91 Å². The van der Waals surface area contributed by atoms with Crippen LogP contribution in [0.1, 0.15) is 36.0 Å². The Kier molecular flexibility index (Phi) is 7.02. The fraction of sp³-hybridized carbons (Fsp3) is 0.478. The van der Waals surface area contributed by atoms with Gasteiger partial charge in [-0.15, -0.1) is 0 Å². The molecule has 0 spiro atoms. The summed E-state index contributed by atoms with van der Waals surface area (Å²) in [6, 6.07) is 9.22. The average Bonchev–Trinajstić information content (AvgIpc) is 2.83. The highest BCUT2D eigenvalue weighted by Crippen LogP contribution is 2.24. The minimum atomic E-state index is -0.00836. The molecule has 0 bridgehead atoms. The summed E-state index contributed by atoms with van der Waals surface area (Å²) in [4.78, 5) is 39.9. The molecule has 2 aliphatic heterocycles. The zero-order chi connectivity index (χ0) is 21.6. The molecule has 31 heavy (non-hydrogen) atoms. The summed E-state index contributed by atoms with van der Waals surface area (Å²) < 4.78 is 0. The quantitative estimate of drug-likeness (QED) is 0.667. The molecule has 0 aromatic carbocycles. The van der Waals surface area contributed by atoms with E-state index in [0.29, 0.717) is 29.6 Å². The number of amides is 2. The van der Waals surface area contributed by atoms with Crippen molar-refractivity contribution in [3.63, 3.8) is 0 Å². The number of nitrogens with zero attached hydrogens (tertiary/aromatic N) is 5. The molecule has 2 saturated heterocycles. The van der Waals surface area contributed by atoms with Crippen molar-refractivity contribution in [3.8, 4) is 0 Å². The van der Waals surface area contributed by atoms with Crippen LogP contribution in [0.15, 0.2) is 42.7 Å². The number of piperazine rings is 1. The first kappa shape index (κ1) is 21.6. The molecule has 2 aromatic rings. The molecule has 0 aliphatic carbocycles. The van der Waals surface area contributed by atoms with Crippen LogP contribution in [0.2, 0.25) is 5.15 Å². The predicted molar refractivity (Wildman–Crippen MR) is 120 cm³/mol. The molecular formula is C23H28ClN5O2. The van der Waals surface area contributed by atoms with Crippen LogP contribution < -0.4 is 4.90 Å². The zero-order valence-corrected chi connectivity index (χ0v) is 18.4. The van der Waals surface area contributed by atoms with Crippen molar-refractivity contribution in [3.05, 3.63) is 53.4 Å². The summed E-state index contributed by atoms with van der Waals surface area (Å²) >= 11 is 5.93. The third-order valence-electron chi connectivity index (χ3n) is 6.15. The normalized spacial score (nSPS) is 19.4. The topological polar surface area (TPSA) is 69.6 Å². The lowest BCUT2D eigenvalue weighted by Gasteiger charge is -2.36. The van der Waals surface area contributed by atoms with Crippen molar-refractivity contribution in [2.45, 2.75) is 25.7 Å². The monoisotopic (exact) mass is 441 g/mol. The Morgan fingerprint density at radius 3 is 2.58 bits per heavy atom. The van der Waals surface area contributed by atoms with Crippen LogP contribution in [-0.4, -0.2) is 70.9 Å². The van der Waals surface area contributed by atoms with E-state index < -0.39 is 0 Å². The first-order chi connectivity index (χ1) is 15.1. The van der Waals surface area contributed by atoms with E-state index in [4.69, 9.17) is 11.6 Å². The summed E-state index contributed by atoms with van der Waals surface area (Å²) in [5, 5.41) is 0.327. The van der Waals surface area contributed by atoms with Crippen molar-refractivity contribution in [2.24, 2.45) is 5.92 Å². The Morgan fingerprint density at radius 2 is 1.84 bits per heavy atom. The molecule has 2 aromatic heterocycles. The Morgan fingerprint density at radius 1 is 1.00 bits per heavy atom. The third kappa shape index (κ3) is 5.53. The molecule has 0 N–H and O–H groups in total. The molecule has 8 heteroatoms. The molecule has 2 amide bonds. The Bertz CT molecular complexity index is 902. The number of hydrogen-bond donors (Lipinski definition) is 0. The van der Waals surface area contributed by atoms with Gasteiger partial charge in [-0.05, 0) is 49.4 Å². The molecule has 2 aliphatic rings. The van der Waals surface area contributed by atoms with Gasteiger partial charge < -0.3 is 14.7 Å². The van der Waals surface area contributed by atoms with Crippen LogP contribution in [0.25, 0.3) is 0 Å². The van der Waals surface area contributed by atoms with Gasteiger partial charge in [0.2, 0.25) is 5.91 Å². The maximum absolute atomic E-state index is 12.8. The zero-order valence-electron chi connectivity index (χ0n) is 17.6. The number of pyridine rings is 2. The summed E-state index contributed by atoms with van der Waals surface area (Å²) in [5.41, 5.74) is 0.572. The van der Waals surface area contributed by atoms with Gasteiger partial charge >= 0.3 is 0 Å². The Hall–Kier alpha value is -2.67. The fourth-order valence-electron chi connectivity index (χ4n) is 4.41. The van der Waals surface area contributed by atoms with Crippen LogP contribution in [0.3, 0.4) is 0 Å². The number of aromatic nitrogens is 2. The minimum absolute atomic E-state index is 0.00836. The number of carbonyl (C=O) groups excluding carboxylic acids is 2. The van der Waals surface area contributed by atoms with E-state index in [-0.39, 0.29) is 11.8 Å². The molecule has 164 valence electrons. The predicted octanol–water partition coefficient (Wildman–Crippen LogP) is 3.11. The van der Waals surface area contributed by atoms with Gasteiger partial charge in [-0.2, -0.15) is 0 Å². The number of halogens is 1. The van der Waals surface area contributed by atoms with Gasteiger partial charge in [-0.1, -0.05) is 17.7 Å². The maximum Gasteiger partial charge on any atom is 0.254 e. The van der Waals surface area contributed by atoms with Crippen LogP contribution in [0.5, 0.6) is 0 Å². The molecule has 0 saturated carbocycles. The van der Waals surface area contributed by atoms with E-state index in [0.717, 1.165) is 57.8 Å². The number of anilines is 1. The van der Waals surface area contributed by atoms with Gasteiger partial charge in [-0.25, -0.2) is 9.97 Å². The lowest BCUT2D eigenvalue weighted by atomic mass is 9.92. The molecule has 7 nitrogen and oxygen atoms in total. The molecule has 4 heterocycles. The lowest BCUT2D eigenvalue weighted by molar-refractivity contribution is -0.131. The Balaban J connectivity index is 1.23. The molecule has 0 radical (unpaired) electrons. The van der Waals surface area contributed by atoms with E-state index in [1.807, 2.05) is 28.0 Å². The lowest BCUT2D eigenvalue weighted by Crippen LogP contribution is -2.49. The van der Waals surface area contributed by atoms with Gasteiger partial charge in [-0.3, -0.25) is 9.59 Å². The van der Waals surface area contributed by atoms with Gasteiger partial charge in [0.05, 0.1) is 0 Å². The summed E-state index contributed by atoms with van der Waals surface area (Å²) in [5.74, 6) is 1.53. The SMILES string of the molecule is O=C(CCC1CCCN(C(=O)c2ccnc(Cl)c2)C1)N1CCN(c2ccccn2)CC1. The second-order valence-corrected chi connectivity index (χ2v) is 8.61. The molecule has 1 atom stereocenters. The summed E-state index contributed by atoms with van der Waals surface area (Å²) in [6.45, 7) is 4.52. The summed E-state index contributed by atoms with van der Waals surface area (Å²) in [6.07, 6.45) is 6.74. The van der Waals surface area contributed by atoms with Crippen molar-refractivity contribution >= 4 is 29.2 Å². The summed E-state index contributed by atoms with van der Waals surface area (Å²) in [7, 11) is 0. The van der Waals surface area contributed by atoms with Crippen molar-refractivity contribution < 1.29 is 9.59 Å². The first-order valence-electron chi connectivity index (χ1n) is 10.9. The first-order valence-corrected chi connectivity index (χ1v) is 11.3. The van der Waals surface area contributed by atoms with E-state index in [1.165, 1.54) is 0 Å². The van der Waals surface area contributed by atoms with Crippen LogP contribution in [0.4, 0.5) is 5.82 Å². The van der Waals surface area contributed by atoms with Gasteiger partial charge in [0.15, 0.2) is 0 Å². The number of carbonyl (C=O) groups is 2. The third-order valence-corrected chi connectivity index (χ3v) is 6.36. The standard InChI is InChI=1S/C23H28ClN5O2/c24-20-16-19(8-10-25-20)23(31)29-11-3-4-18(17-29)6-7-22(30)28-14-12-27(13-15-28)21-5-1-2-9-26-21/h1-2,5,8-10,16,18H,3-4,6-7,11-15,17H2. The number of piperidine rings is 1. The van der Waals surface area contributed by atoms with E-state index in [2.05, 4.69) is 14.9 Å². The van der Waals surface area contributed by atoms with Crippen molar-refractivity contribution in [1.82, 2.24) is 19.8 Å². The van der Waals surface area contributed by atoms with Crippen molar-refractivity contribution in [1.29, 1.82) is 0 Å². The molecule has 4 rings (SSSR count). The van der Waals surface area contributed by atoms with E-state index in [9.17, 15) is 9.59 Å². The van der Waals surface area contributed by atoms with Gasteiger partial charge in [0.1, 0.15) is 11.0 Å². The fourth-order valence-corrected chi connectivity index (χ4v) is 4.59. The van der Waals surface area contributed by atoms with Crippen LogP contribution in [-0.2, 0) is 4.79 Å². The highest BCUT2D eigenvalue weighted by atomic mass is 35.5. The Labute approximate surface area is 188 Å². The van der Waals surface area contributed by atoms with Crippen LogP contribution >= 0.6 is 11.6 Å².